The van der Waals surface area contributed by atoms with E-state index in [4.69, 9.17) is 9.47 Å². The average Bonchev–Trinajstić information content (AvgIpc) is 3.52. The summed E-state index contributed by atoms with van der Waals surface area (Å²) < 4.78 is 41.2. The molecule has 2 aliphatic heterocycles. The predicted octanol–water partition coefficient (Wildman–Crippen LogP) is 5.11. The van der Waals surface area contributed by atoms with Crippen LogP contribution in [0.5, 0.6) is 5.75 Å². The molecule has 1 aromatic heterocycles. The molecule has 3 amide bonds. The van der Waals surface area contributed by atoms with E-state index in [0.29, 0.717) is 49.5 Å². The zero-order valence-electron chi connectivity index (χ0n) is 27.1. The standard InChI is InChI=1S/C32H43F2N7O5/c1-6-45-25-17-20(27(42)36-21-13-15-40(16-14-21)30(44)46-31(2,3)4)11-12-23(25)37-29-35-18-24-26(38-29)41(22-9-7-8-10-22)19-32(33,34)28(43)39(24)5/h11-12,17-18,21-22H,6-10,13-16,19H2,1-5H3,(H,36,42)(H,35,37,38). The Balaban J connectivity index is 1.31. The van der Waals surface area contributed by atoms with Gasteiger partial charge in [0.1, 0.15) is 17.0 Å². The fourth-order valence-electron chi connectivity index (χ4n) is 6.07. The third-order valence-corrected chi connectivity index (χ3v) is 8.41. The summed E-state index contributed by atoms with van der Waals surface area (Å²) in [5, 5.41) is 6.17. The maximum absolute atomic E-state index is 14.9. The number of hydrogen-bond donors (Lipinski definition) is 2. The number of ether oxygens (including phenoxy) is 2. The maximum atomic E-state index is 14.9. The number of nitrogens with zero attached hydrogens (tertiary/aromatic N) is 5. The fourth-order valence-corrected chi connectivity index (χ4v) is 6.07. The van der Waals surface area contributed by atoms with E-state index in [2.05, 4.69) is 20.6 Å². The number of amides is 3. The van der Waals surface area contributed by atoms with Crippen molar-refractivity contribution in [2.24, 2.45) is 0 Å². The van der Waals surface area contributed by atoms with Gasteiger partial charge in [-0.05, 0) is 71.6 Å². The van der Waals surface area contributed by atoms with Gasteiger partial charge in [0.15, 0.2) is 5.82 Å². The van der Waals surface area contributed by atoms with Crippen LogP contribution in [0.3, 0.4) is 0 Å². The van der Waals surface area contributed by atoms with Crippen LogP contribution >= 0.6 is 0 Å². The van der Waals surface area contributed by atoms with Crippen LogP contribution in [0.25, 0.3) is 0 Å². The van der Waals surface area contributed by atoms with Gasteiger partial charge < -0.3 is 34.8 Å². The Morgan fingerprint density at radius 2 is 1.80 bits per heavy atom. The first-order valence-electron chi connectivity index (χ1n) is 15.9. The number of hydrogen-bond acceptors (Lipinski definition) is 9. The summed E-state index contributed by atoms with van der Waals surface area (Å²) >= 11 is 0. The van der Waals surface area contributed by atoms with Gasteiger partial charge in [-0.15, -0.1) is 0 Å². The number of carbonyl (C=O) groups is 3. The van der Waals surface area contributed by atoms with E-state index in [-0.39, 0.29) is 41.5 Å². The minimum Gasteiger partial charge on any atom is -0.492 e. The molecule has 2 fully saturated rings. The molecule has 46 heavy (non-hydrogen) atoms. The number of carbonyl (C=O) groups excluding carboxylic acids is 3. The SMILES string of the molecule is CCOc1cc(C(=O)NC2CCN(C(=O)OC(C)(C)C)CC2)ccc1Nc1ncc2c(n1)N(C1CCCC1)CC(F)(F)C(=O)N2C. The molecule has 0 spiro atoms. The summed E-state index contributed by atoms with van der Waals surface area (Å²) in [6.45, 7) is 7.83. The fraction of sp³-hybridized carbons (Fsp3) is 0.594. The molecule has 12 nitrogen and oxygen atoms in total. The Morgan fingerprint density at radius 3 is 2.46 bits per heavy atom. The van der Waals surface area contributed by atoms with Gasteiger partial charge in [0, 0.05) is 37.8 Å². The lowest BCUT2D eigenvalue weighted by molar-refractivity contribution is -0.140. The number of nitrogens with one attached hydrogen (secondary N) is 2. The Labute approximate surface area is 267 Å². The molecule has 1 aromatic carbocycles. The number of anilines is 4. The molecule has 3 aliphatic rings. The van der Waals surface area contributed by atoms with E-state index in [0.717, 1.165) is 30.6 Å². The number of aromatic nitrogens is 2. The topological polar surface area (TPSA) is 129 Å². The molecule has 1 saturated heterocycles. The van der Waals surface area contributed by atoms with Gasteiger partial charge in [-0.2, -0.15) is 13.8 Å². The van der Waals surface area contributed by atoms with Crippen molar-refractivity contribution < 1.29 is 32.6 Å². The largest absolute Gasteiger partial charge is 0.492 e. The van der Waals surface area contributed by atoms with E-state index in [9.17, 15) is 23.2 Å². The molecular formula is C32H43F2N7O5. The van der Waals surface area contributed by atoms with Gasteiger partial charge >= 0.3 is 12.0 Å². The molecule has 14 heteroatoms. The van der Waals surface area contributed by atoms with Crippen LogP contribution < -0.4 is 25.2 Å². The third-order valence-electron chi connectivity index (χ3n) is 8.41. The molecule has 1 saturated carbocycles. The summed E-state index contributed by atoms with van der Waals surface area (Å²) in [7, 11) is 1.31. The van der Waals surface area contributed by atoms with Crippen LogP contribution in [0.2, 0.25) is 0 Å². The molecule has 0 unspecified atom stereocenters. The molecule has 1 aliphatic carbocycles. The van der Waals surface area contributed by atoms with Crippen molar-refractivity contribution >= 4 is 41.0 Å². The molecular weight excluding hydrogens is 600 g/mol. The molecule has 0 radical (unpaired) electrons. The first kappa shape index (κ1) is 33.1. The maximum Gasteiger partial charge on any atom is 0.410 e. The second-order valence-electron chi connectivity index (χ2n) is 13.0. The summed E-state index contributed by atoms with van der Waals surface area (Å²) in [6.07, 6.45) is 5.54. The van der Waals surface area contributed by atoms with Crippen LogP contribution in [0.15, 0.2) is 24.4 Å². The minimum atomic E-state index is -3.57. The van der Waals surface area contributed by atoms with E-state index in [1.165, 1.54) is 13.2 Å². The van der Waals surface area contributed by atoms with Crippen LogP contribution in [0.1, 0.15) is 76.6 Å². The van der Waals surface area contributed by atoms with Gasteiger partial charge in [-0.3, -0.25) is 9.59 Å². The molecule has 0 atom stereocenters. The Morgan fingerprint density at radius 1 is 1.11 bits per heavy atom. The first-order valence-corrected chi connectivity index (χ1v) is 15.9. The van der Waals surface area contributed by atoms with Crippen molar-refractivity contribution in [2.45, 2.75) is 89.8 Å². The van der Waals surface area contributed by atoms with Crippen molar-refractivity contribution in [1.29, 1.82) is 0 Å². The first-order chi connectivity index (χ1) is 21.8. The van der Waals surface area contributed by atoms with Crippen molar-refractivity contribution in [3.63, 3.8) is 0 Å². The number of piperidine rings is 1. The van der Waals surface area contributed by atoms with Gasteiger partial charge in [-0.1, -0.05) is 12.8 Å². The number of halogens is 2. The average molecular weight is 644 g/mol. The predicted molar refractivity (Wildman–Crippen MR) is 169 cm³/mol. The highest BCUT2D eigenvalue weighted by Crippen LogP contribution is 2.40. The van der Waals surface area contributed by atoms with Crippen molar-refractivity contribution in [2.75, 3.05) is 48.4 Å². The zero-order chi connectivity index (χ0) is 33.2. The highest BCUT2D eigenvalue weighted by Gasteiger charge is 2.48. The van der Waals surface area contributed by atoms with Crippen molar-refractivity contribution in [3.05, 3.63) is 30.0 Å². The lowest BCUT2D eigenvalue weighted by Gasteiger charge is -2.33. The lowest BCUT2D eigenvalue weighted by Crippen LogP contribution is -2.48. The molecule has 2 N–H and O–H groups in total. The van der Waals surface area contributed by atoms with Crippen LogP contribution in [-0.4, -0.2) is 89.7 Å². The number of rotatable bonds is 7. The molecule has 2 aromatic rings. The van der Waals surface area contributed by atoms with E-state index < -0.39 is 24.0 Å². The molecule has 3 heterocycles. The van der Waals surface area contributed by atoms with E-state index in [1.54, 1.807) is 28.0 Å². The Kier molecular flexibility index (Phi) is 9.54. The van der Waals surface area contributed by atoms with Crippen LogP contribution in [-0.2, 0) is 9.53 Å². The minimum absolute atomic E-state index is 0.104. The summed E-state index contributed by atoms with van der Waals surface area (Å²) in [5.74, 6) is -4.34. The summed E-state index contributed by atoms with van der Waals surface area (Å²) in [6, 6.07) is 4.69. The number of likely N-dealkylation sites (tertiary alicyclic amines) is 1. The number of benzene rings is 1. The normalized spacial score (nSPS) is 19.0. The summed E-state index contributed by atoms with van der Waals surface area (Å²) in [5.41, 5.74) is 0.520. The van der Waals surface area contributed by atoms with Gasteiger partial charge in [0.05, 0.1) is 25.0 Å². The van der Waals surface area contributed by atoms with Gasteiger partial charge in [0.25, 0.3) is 11.8 Å². The monoisotopic (exact) mass is 643 g/mol. The molecule has 0 bridgehead atoms. The third kappa shape index (κ3) is 7.42. The quantitative estimate of drug-likeness (QED) is 0.423. The molecule has 250 valence electrons. The van der Waals surface area contributed by atoms with Crippen molar-refractivity contribution in [1.82, 2.24) is 20.2 Å². The van der Waals surface area contributed by atoms with Crippen LogP contribution in [0, 0.1) is 0 Å². The smallest absolute Gasteiger partial charge is 0.410 e. The van der Waals surface area contributed by atoms with Gasteiger partial charge in [-0.25, -0.2) is 9.78 Å². The number of alkyl halides is 2. The van der Waals surface area contributed by atoms with Crippen molar-refractivity contribution in [3.8, 4) is 5.75 Å². The Hall–Kier alpha value is -4.23. The van der Waals surface area contributed by atoms with Crippen LogP contribution in [0.4, 0.5) is 36.7 Å². The second kappa shape index (κ2) is 13.2. The second-order valence-corrected chi connectivity index (χ2v) is 13.0. The summed E-state index contributed by atoms with van der Waals surface area (Å²) in [4.78, 5) is 51.2. The van der Waals surface area contributed by atoms with E-state index >= 15 is 0 Å². The Bertz CT molecular complexity index is 1450. The van der Waals surface area contributed by atoms with E-state index in [1.807, 2.05) is 27.7 Å². The highest BCUT2D eigenvalue weighted by atomic mass is 19.3. The zero-order valence-corrected chi connectivity index (χ0v) is 27.1. The highest BCUT2D eigenvalue weighted by molar-refractivity contribution is 6.02. The lowest BCUT2D eigenvalue weighted by atomic mass is 10.0. The molecule has 5 rings (SSSR count). The van der Waals surface area contributed by atoms with Gasteiger partial charge in [0.2, 0.25) is 5.95 Å². The number of fused-ring (bicyclic) bond motifs is 1.